The van der Waals surface area contributed by atoms with Gasteiger partial charge in [-0.15, -0.1) is 0 Å². The molecule has 0 radical (unpaired) electrons. The minimum Gasteiger partial charge on any atom is -0.481 e. The van der Waals surface area contributed by atoms with Gasteiger partial charge in [0.25, 0.3) is 0 Å². The summed E-state index contributed by atoms with van der Waals surface area (Å²) >= 11 is 0. The van der Waals surface area contributed by atoms with Crippen molar-refractivity contribution in [3.63, 3.8) is 0 Å². The summed E-state index contributed by atoms with van der Waals surface area (Å²) in [5.74, 6) is -0.813. The standard InChI is InChI=1S/C12H22N2O3/c1-12(2,3)14-8-7-13(4)11(17)9(14)5-6-10(15)16/h9H,5-8H2,1-4H3,(H,15,16). The lowest BCUT2D eigenvalue weighted by Crippen LogP contribution is -2.61. The topological polar surface area (TPSA) is 60.9 Å². The Balaban J connectivity index is 2.81. The van der Waals surface area contributed by atoms with Gasteiger partial charge < -0.3 is 10.0 Å². The average molecular weight is 242 g/mol. The van der Waals surface area contributed by atoms with Crippen molar-refractivity contribution in [1.82, 2.24) is 9.80 Å². The zero-order valence-corrected chi connectivity index (χ0v) is 11.1. The summed E-state index contributed by atoms with van der Waals surface area (Å²) in [6.45, 7) is 7.67. The van der Waals surface area contributed by atoms with Gasteiger partial charge in [-0.1, -0.05) is 0 Å². The number of amides is 1. The van der Waals surface area contributed by atoms with Crippen LogP contribution in [0.2, 0.25) is 0 Å². The molecule has 1 unspecified atom stereocenters. The van der Waals surface area contributed by atoms with Gasteiger partial charge in [0, 0.05) is 32.1 Å². The molecule has 1 heterocycles. The van der Waals surface area contributed by atoms with Crippen molar-refractivity contribution in [1.29, 1.82) is 0 Å². The third-order valence-corrected chi connectivity index (χ3v) is 3.21. The van der Waals surface area contributed by atoms with Crippen LogP contribution in [0.3, 0.4) is 0 Å². The first kappa shape index (κ1) is 14.0. The second-order valence-corrected chi connectivity index (χ2v) is 5.57. The molecule has 1 saturated heterocycles. The molecule has 5 heteroatoms. The molecule has 0 aromatic carbocycles. The molecule has 0 aliphatic carbocycles. The van der Waals surface area contributed by atoms with Gasteiger partial charge in [-0.3, -0.25) is 14.5 Å². The summed E-state index contributed by atoms with van der Waals surface area (Å²) in [4.78, 5) is 26.5. The maximum absolute atomic E-state index is 12.1. The van der Waals surface area contributed by atoms with Crippen LogP contribution in [-0.4, -0.2) is 58.5 Å². The molecule has 0 aromatic rings. The SMILES string of the molecule is CN1CCN(C(C)(C)C)C(CCC(=O)O)C1=O. The van der Waals surface area contributed by atoms with Crippen LogP contribution >= 0.6 is 0 Å². The van der Waals surface area contributed by atoms with Crippen molar-refractivity contribution in [3.8, 4) is 0 Å². The Hall–Kier alpha value is -1.10. The summed E-state index contributed by atoms with van der Waals surface area (Å²) in [7, 11) is 1.77. The third-order valence-electron chi connectivity index (χ3n) is 3.21. The normalized spacial score (nSPS) is 22.9. The molecule has 98 valence electrons. The molecule has 1 rings (SSSR count). The number of hydrogen-bond donors (Lipinski definition) is 1. The monoisotopic (exact) mass is 242 g/mol. The maximum atomic E-state index is 12.1. The summed E-state index contributed by atoms with van der Waals surface area (Å²) in [6.07, 6.45) is 0.423. The zero-order valence-electron chi connectivity index (χ0n) is 11.1. The van der Waals surface area contributed by atoms with Gasteiger partial charge in [0.05, 0.1) is 6.04 Å². The summed E-state index contributed by atoms with van der Waals surface area (Å²) in [5, 5.41) is 8.74. The number of carbonyl (C=O) groups excluding carboxylic acids is 1. The Kier molecular flexibility index (Phi) is 4.14. The van der Waals surface area contributed by atoms with Crippen LogP contribution in [0, 0.1) is 0 Å². The van der Waals surface area contributed by atoms with Crippen molar-refractivity contribution in [3.05, 3.63) is 0 Å². The lowest BCUT2D eigenvalue weighted by molar-refractivity contribution is -0.145. The lowest BCUT2D eigenvalue weighted by atomic mass is 9.97. The predicted octanol–water partition coefficient (Wildman–Crippen LogP) is 0.792. The Bertz CT molecular complexity index is 309. The lowest BCUT2D eigenvalue weighted by Gasteiger charge is -2.46. The molecule has 0 saturated carbocycles. The van der Waals surface area contributed by atoms with E-state index in [1.807, 2.05) is 0 Å². The molecule has 17 heavy (non-hydrogen) atoms. The Labute approximate surface area is 102 Å². The van der Waals surface area contributed by atoms with E-state index in [1.165, 1.54) is 0 Å². The van der Waals surface area contributed by atoms with Gasteiger partial charge in [-0.05, 0) is 27.2 Å². The number of carbonyl (C=O) groups is 2. The van der Waals surface area contributed by atoms with E-state index in [0.717, 1.165) is 6.54 Å². The molecule has 0 spiro atoms. The molecule has 1 aliphatic heterocycles. The van der Waals surface area contributed by atoms with E-state index < -0.39 is 5.97 Å². The fourth-order valence-electron chi connectivity index (χ4n) is 2.25. The number of hydrogen-bond acceptors (Lipinski definition) is 3. The summed E-state index contributed by atoms with van der Waals surface area (Å²) < 4.78 is 0. The van der Waals surface area contributed by atoms with Crippen LogP contribution in [0.4, 0.5) is 0 Å². The minimum atomic E-state index is -0.847. The molecule has 1 amide bonds. The van der Waals surface area contributed by atoms with E-state index >= 15 is 0 Å². The Morgan fingerprint density at radius 3 is 2.47 bits per heavy atom. The van der Waals surface area contributed by atoms with Gasteiger partial charge in [-0.25, -0.2) is 0 Å². The molecule has 1 N–H and O–H groups in total. The third kappa shape index (κ3) is 3.43. The van der Waals surface area contributed by atoms with Crippen LogP contribution < -0.4 is 0 Å². The molecule has 0 aromatic heterocycles. The Morgan fingerprint density at radius 2 is 2.00 bits per heavy atom. The minimum absolute atomic E-state index is 0.0347. The van der Waals surface area contributed by atoms with Crippen molar-refractivity contribution in [2.24, 2.45) is 0 Å². The van der Waals surface area contributed by atoms with Gasteiger partial charge in [0.15, 0.2) is 0 Å². The van der Waals surface area contributed by atoms with E-state index in [-0.39, 0.29) is 23.9 Å². The fraction of sp³-hybridized carbons (Fsp3) is 0.833. The summed E-state index contributed by atoms with van der Waals surface area (Å²) in [6, 6.07) is -0.301. The molecule has 1 fully saturated rings. The molecular formula is C12H22N2O3. The van der Waals surface area contributed by atoms with Gasteiger partial charge in [0.1, 0.15) is 0 Å². The molecule has 5 nitrogen and oxygen atoms in total. The smallest absolute Gasteiger partial charge is 0.303 e. The van der Waals surface area contributed by atoms with E-state index in [0.29, 0.717) is 13.0 Å². The van der Waals surface area contributed by atoms with Crippen LogP contribution in [0.1, 0.15) is 33.6 Å². The fourth-order valence-corrected chi connectivity index (χ4v) is 2.25. The maximum Gasteiger partial charge on any atom is 0.303 e. The van der Waals surface area contributed by atoms with E-state index in [9.17, 15) is 9.59 Å². The highest BCUT2D eigenvalue weighted by Gasteiger charge is 2.38. The quantitative estimate of drug-likeness (QED) is 0.795. The van der Waals surface area contributed by atoms with Crippen molar-refractivity contribution in [2.45, 2.75) is 45.2 Å². The number of likely N-dealkylation sites (N-methyl/N-ethyl adjacent to an activating group) is 1. The first-order chi connectivity index (χ1) is 7.73. The first-order valence-electron chi connectivity index (χ1n) is 5.97. The van der Waals surface area contributed by atoms with Crippen LogP contribution in [0.5, 0.6) is 0 Å². The number of carboxylic acids is 1. The molecule has 1 atom stereocenters. The van der Waals surface area contributed by atoms with Gasteiger partial charge in [-0.2, -0.15) is 0 Å². The molecule has 0 bridgehead atoms. The number of nitrogens with zero attached hydrogens (tertiary/aromatic N) is 2. The number of piperazine rings is 1. The zero-order chi connectivity index (χ0) is 13.2. The largest absolute Gasteiger partial charge is 0.481 e. The second-order valence-electron chi connectivity index (χ2n) is 5.57. The van der Waals surface area contributed by atoms with Gasteiger partial charge in [0.2, 0.25) is 5.91 Å². The van der Waals surface area contributed by atoms with E-state index in [4.69, 9.17) is 5.11 Å². The van der Waals surface area contributed by atoms with Crippen LogP contribution in [0.25, 0.3) is 0 Å². The highest BCUT2D eigenvalue weighted by atomic mass is 16.4. The Morgan fingerprint density at radius 1 is 1.41 bits per heavy atom. The van der Waals surface area contributed by atoms with E-state index in [1.54, 1.807) is 11.9 Å². The molecular weight excluding hydrogens is 220 g/mol. The molecule has 1 aliphatic rings. The summed E-state index contributed by atoms with van der Waals surface area (Å²) in [5.41, 5.74) is -0.111. The number of carboxylic acid groups (broad SMARTS) is 1. The first-order valence-corrected chi connectivity index (χ1v) is 5.97. The second kappa shape index (κ2) is 5.04. The van der Waals surface area contributed by atoms with E-state index in [2.05, 4.69) is 25.7 Å². The highest BCUT2D eigenvalue weighted by Crippen LogP contribution is 2.24. The van der Waals surface area contributed by atoms with Crippen LogP contribution in [0.15, 0.2) is 0 Å². The van der Waals surface area contributed by atoms with Crippen molar-refractivity contribution >= 4 is 11.9 Å². The predicted molar refractivity (Wildman–Crippen MR) is 64.8 cm³/mol. The average Bonchev–Trinajstić information content (AvgIpc) is 2.18. The highest BCUT2D eigenvalue weighted by molar-refractivity contribution is 5.83. The number of rotatable bonds is 3. The van der Waals surface area contributed by atoms with Gasteiger partial charge >= 0.3 is 5.97 Å². The van der Waals surface area contributed by atoms with Crippen LogP contribution in [-0.2, 0) is 9.59 Å². The van der Waals surface area contributed by atoms with Crippen molar-refractivity contribution < 1.29 is 14.7 Å². The number of aliphatic carboxylic acids is 1. The van der Waals surface area contributed by atoms with Crippen molar-refractivity contribution in [2.75, 3.05) is 20.1 Å².